The fraction of sp³-hybridized carbons (Fsp3) is 1.00. The molecule has 21 heteroatoms. The first-order valence-corrected chi connectivity index (χ1v) is 32.8. The minimum absolute atomic E-state index is 0.00138. The van der Waals surface area contributed by atoms with Gasteiger partial charge in [-0.3, -0.25) is 0 Å². The number of ether oxygens (including phenoxy) is 4. The highest BCUT2D eigenvalue weighted by Gasteiger charge is 2.39. The van der Waals surface area contributed by atoms with Crippen LogP contribution in [0.5, 0.6) is 0 Å². The predicted octanol–water partition coefficient (Wildman–Crippen LogP) is 12.1. The van der Waals surface area contributed by atoms with E-state index in [0.717, 1.165) is 6.42 Å². The summed E-state index contributed by atoms with van der Waals surface area (Å²) in [4.78, 5) is 0. The molecule has 4 aliphatic heterocycles. The summed E-state index contributed by atoms with van der Waals surface area (Å²) in [5.74, 6) is 0. The first-order valence-electron chi connectivity index (χ1n) is 20.7. The van der Waals surface area contributed by atoms with Crippen molar-refractivity contribution in [3.63, 3.8) is 0 Å². The van der Waals surface area contributed by atoms with Crippen molar-refractivity contribution in [3.05, 3.63) is 0 Å². The Morgan fingerprint density at radius 2 is 0.814 bits per heavy atom. The second-order valence-corrected chi connectivity index (χ2v) is 36.3. The van der Waals surface area contributed by atoms with Crippen LogP contribution in [0.3, 0.4) is 0 Å². The second kappa shape index (κ2) is 25.3. The monoisotopic (exact) mass is 1010 g/mol. The molecule has 0 aliphatic carbocycles. The Balaban J connectivity index is 1.39. The summed E-state index contributed by atoms with van der Waals surface area (Å²) in [5, 5.41) is 0.546. The van der Waals surface area contributed by atoms with Crippen LogP contribution in [0.1, 0.15) is 89.5 Å². The fourth-order valence-corrected chi connectivity index (χ4v) is 20.9. The lowest BCUT2D eigenvalue weighted by Crippen LogP contribution is -2.43. The van der Waals surface area contributed by atoms with Crippen LogP contribution in [0.25, 0.3) is 0 Å². The zero-order chi connectivity index (χ0) is 43.4. The Morgan fingerprint density at radius 3 is 1.10 bits per heavy atom. The van der Waals surface area contributed by atoms with Crippen molar-refractivity contribution in [1.29, 1.82) is 0 Å². The summed E-state index contributed by atoms with van der Waals surface area (Å²) in [6.45, 7) is 34.9. The first-order chi connectivity index (χ1) is 27.6. The molecule has 0 radical (unpaired) electrons. The van der Waals surface area contributed by atoms with Gasteiger partial charge in [-0.15, -0.1) is 0 Å². The molecule has 4 saturated heterocycles. The fourth-order valence-electron chi connectivity index (χ4n) is 5.40. The Bertz CT molecular complexity index is 1150. The molecule has 4 atom stereocenters. The Hall–Kier alpha value is 2.86. The van der Waals surface area contributed by atoms with E-state index in [1.807, 2.05) is 0 Å². The Kier molecular flexibility index (Phi) is 23.3. The summed E-state index contributed by atoms with van der Waals surface area (Å²) in [7, 11) is -3.05. The topological polar surface area (TPSA) is 111 Å². The van der Waals surface area contributed by atoms with Crippen LogP contribution in [0.2, 0.25) is 0 Å². The van der Waals surface area contributed by atoms with E-state index in [4.69, 9.17) is 66.9 Å². The zero-order valence-electron chi connectivity index (χ0n) is 37.6. The van der Waals surface area contributed by atoms with E-state index in [-0.39, 0.29) is 42.7 Å². The van der Waals surface area contributed by atoms with Crippen LogP contribution in [0.4, 0.5) is 0 Å². The van der Waals surface area contributed by atoms with Gasteiger partial charge in [0.05, 0.1) is 111 Å². The van der Waals surface area contributed by atoms with Gasteiger partial charge in [0.25, 0.3) is 0 Å². The second-order valence-electron chi connectivity index (χ2n) is 19.2. The average Bonchev–Trinajstić information content (AvgIpc) is 3.15. The van der Waals surface area contributed by atoms with Gasteiger partial charge in [-0.25, -0.2) is 0 Å². The molecule has 0 saturated carbocycles. The van der Waals surface area contributed by atoms with E-state index in [1.54, 1.807) is 45.5 Å². The van der Waals surface area contributed by atoms with Crippen molar-refractivity contribution >= 4 is 85.8 Å². The number of hydrogen-bond donors (Lipinski definition) is 0. The maximum atomic E-state index is 6.58. The normalized spacial score (nSPS) is 30.0. The molecule has 0 aromatic heterocycles. The van der Waals surface area contributed by atoms with E-state index < -0.39 is 33.8 Å². The van der Waals surface area contributed by atoms with Crippen molar-refractivity contribution in [2.75, 3.05) is 106 Å². The van der Waals surface area contributed by atoms with Gasteiger partial charge in [-0.1, -0.05) is 129 Å². The third-order valence-electron chi connectivity index (χ3n) is 9.51. The third-order valence-corrected chi connectivity index (χ3v) is 25.8. The van der Waals surface area contributed by atoms with E-state index in [1.165, 1.54) is 0 Å². The maximum Gasteiger partial charge on any atom is 0.247 e. The molecule has 0 amide bonds. The number of hydrogen-bond acceptors (Lipinski definition) is 17. The van der Waals surface area contributed by atoms with E-state index in [9.17, 15) is 0 Å². The summed E-state index contributed by atoms with van der Waals surface area (Å²) < 4.78 is 75.1. The van der Waals surface area contributed by atoms with Crippen molar-refractivity contribution in [2.24, 2.45) is 27.1 Å². The van der Waals surface area contributed by atoms with Crippen molar-refractivity contribution in [3.8, 4) is 0 Å². The molecule has 0 aromatic rings. The third kappa shape index (κ3) is 20.7. The van der Waals surface area contributed by atoms with Crippen LogP contribution in [0, 0.1) is 27.1 Å². The van der Waals surface area contributed by atoms with Gasteiger partial charge in [0.1, 0.15) is 0 Å². The van der Waals surface area contributed by atoms with Gasteiger partial charge in [0.2, 0.25) is 28.4 Å². The van der Waals surface area contributed by atoms with Crippen molar-refractivity contribution < 1.29 is 55.1 Å². The average molecular weight is 1010 g/mol. The SMILES string of the molecule is CCC1(C)COP(=S)(SC(C)COCC(COCC(C)SP2OCC(C)(C)CO2)(COCC(C)SP2OCC(C)(C)CO2)COCC(C)SP2OCC(C)(C)CO2)OC1. The molecule has 12 nitrogen and oxygen atoms in total. The summed E-state index contributed by atoms with van der Waals surface area (Å²) in [5.41, 5.74) is -2.97. The van der Waals surface area contributed by atoms with Crippen molar-refractivity contribution in [2.45, 2.75) is 111 Å². The molecule has 59 heavy (non-hydrogen) atoms. The highest BCUT2D eigenvalue weighted by atomic mass is 32.9. The quantitative estimate of drug-likeness (QED) is 0.0808. The zero-order valence-corrected chi connectivity index (χ0v) is 45.2. The van der Waals surface area contributed by atoms with E-state index in [0.29, 0.717) is 106 Å². The molecule has 0 aromatic carbocycles. The van der Waals surface area contributed by atoms with Crippen LogP contribution in [-0.2, 0) is 66.9 Å². The molecule has 4 heterocycles. The van der Waals surface area contributed by atoms with E-state index in [2.05, 4.69) is 83.1 Å². The summed E-state index contributed by atoms with van der Waals surface area (Å²) in [6.07, 6.45) is 0.983. The van der Waals surface area contributed by atoms with Crippen molar-refractivity contribution in [1.82, 2.24) is 0 Å². The lowest BCUT2D eigenvalue weighted by Gasteiger charge is -2.38. The van der Waals surface area contributed by atoms with Gasteiger partial charge < -0.3 is 55.1 Å². The first kappa shape index (κ1) is 54.5. The molecule has 4 rings (SSSR count). The maximum absolute atomic E-state index is 6.58. The van der Waals surface area contributed by atoms with Gasteiger partial charge in [-0.2, -0.15) is 0 Å². The van der Waals surface area contributed by atoms with Gasteiger partial charge in [0, 0.05) is 42.7 Å². The smallest absolute Gasteiger partial charge is 0.247 e. The highest BCUT2D eigenvalue weighted by Crippen LogP contribution is 2.66. The predicted molar refractivity (Wildman–Crippen MR) is 256 cm³/mol. The van der Waals surface area contributed by atoms with E-state index >= 15 is 0 Å². The Morgan fingerprint density at radius 1 is 0.525 bits per heavy atom. The van der Waals surface area contributed by atoms with Gasteiger partial charge in [-0.05, 0) is 18.2 Å². The minimum atomic E-state index is -2.47. The number of rotatable bonds is 25. The van der Waals surface area contributed by atoms with Crippen LogP contribution >= 0.6 is 74.0 Å². The molecular formula is C38H74O12P4S5. The van der Waals surface area contributed by atoms with Crippen LogP contribution in [0.15, 0.2) is 0 Å². The standard InChI is InChI=1S/C38H74O12P4S5/c1-13-37(12)24-49-54(55,50-25-37)59-33(5)17-42-29-38(26-39-14-30(2)56-51-43-18-34(6,7)19-44-51,27-40-15-31(3)57-52-45-20-35(8,9)21-46-52)28-41-16-32(4)58-53-47-22-36(10,11)23-48-53/h30-33H,13-29H2,1-12H3. The van der Waals surface area contributed by atoms with Gasteiger partial charge >= 0.3 is 0 Å². The lowest BCUT2D eigenvalue weighted by atomic mass is 9.90. The highest BCUT2D eigenvalue weighted by molar-refractivity contribution is 8.68. The molecule has 0 spiro atoms. The molecular weight excluding hydrogens is 933 g/mol. The summed E-state index contributed by atoms with van der Waals surface area (Å²) >= 11 is 12.6. The molecule has 4 aliphatic rings. The lowest BCUT2D eigenvalue weighted by molar-refractivity contribution is -0.105. The summed E-state index contributed by atoms with van der Waals surface area (Å²) in [6, 6.07) is 0. The minimum Gasteiger partial charge on any atom is -0.379 e. The largest absolute Gasteiger partial charge is 0.379 e. The molecule has 4 fully saturated rings. The molecule has 4 unspecified atom stereocenters. The molecule has 0 N–H and O–H groups in total. The Labute approximate surface area is 381 Å². The van der Waals surface area contributed by atoms with Crippen LogP contribution < -0.4 is 0 Å². The van der Waals surface area contributed by atoms with Gasteiger partial charge in [0.15, 0.2) is 0 Å². The molecule has 0 bridgehead atoms. The van der Waals surface area contributed by atoms with Crippen LogP contribution in [-0.4, -0.2) is 127 Å². The molecule has 348 valence electrons.